The average Bonchev–Trinajstić information content (AvgIpc) is 2.67. The summed E-state index contributed by atoms with van der Waals surface area (Å²) in [6, 6.07) is 3.47. The molecule has 7 heteroatoms. The van der Waals surface area contributed by atoms with Gasteiger partial charge in [0.25, 0.3) is 0 Å². The Labute approximate surface area is 175 Å². The fourth-order valence-electron chi connectivity index (χ4n) is 3.99. The van der Waals surface area contributed by atoms with E-state index in [1.807, 2.05) is 13.0 Å². The standard InChI is InChI=1S/C24H19F7/c1-2-3-14-4-6-15(7-5-14)16-10-21(27)23(22(28)11-16)17-12-19(25)18(20(26)13-17)8-9-24(29,30)31/h2-3,10-15H,4-7H2,1H3. The molecule has 0 heterocycles. The van der Waals surface area contributed by atoms with Gasteiger partial charge in [-0.25, -0.2) is 17.6 Å². The predicted molar refractivity (Wildman–Crippen MR) is 104 cm³/mol. The number of benzene rings is 2. The van der Waals surface area contributed by atoms with Crippen LogP contribution in [0, 0.1) is 41.0 Å². The van der Waals surface area contributed by atoms with E-state index in [-0.39, 0.29) is 5.92 Å². The summed E-state index contributed by atoms with van der Waals surface area (Å²) in [5.41, 5.74) is -1.73. The van der Waals surface area contributed by atoms with Gasteiger partial charge in [-0.2, -0.15) is 13.2 Å². The highest BCUT2D eigenvalue weighted by atomic mass is 19.4. The summed E-state index contributed by atoms with van der Waals surface area (Å²) < 4.78 is 94.3. The second kappa shape index (κ2) is 9.17. The molecule has 0 radical (unpaired) electrons. The van der Waals surface area contributed by atoms with Crippen molar-refractivity contribution in [2.75, 3.05) is 0 Å². The van der Waals surface area contributed by atoms with Crippen LogP contribution < -0.4 is 0 Å². The summed E-state index contributed by atoms with van der Waals surface area (Å²) in [7, 11) is 0. The molecule has 1 aliphatic carbocycles. The zero-order valence-corrected chi connectivity index (χ0v) is 16.6. The van der Waals surface area contributed by atoms with Crippen molar-refractivity contribution in [3.8, 4) is 23.0 Å². The fraction of sp³-hybridized carbons (Fsp3) is 0.333. The van der Waals surface area contributed by atoms with Crippen molar-refractivity contribution in [3.63, 3.8) is 0 Å². The molecular weight excluding hydrogens is 421 g/mol. The third kappa shape index (κ3) is 5.49. The van der Waals surface area contributed by atoms with Crippen molar-refractivity contribution in [2.45, 2.75) is 44.7 Å². The fourth-order valence-corrected chi connectivity index (χ4v) is 3.99. The zero-order valence-electron chi connectivity index (χ0n) is 16.6. The molecule has 3 rings (SSSR count). The first kappa shape index (κ1) is 22.9. The molecule has 2 aromatic rings. The molecule has 0 unspecified atom stereocenters. The van der Waals surface area contributed by atoms with Gasteiger partial charge in [-0.15, -0.1) is 0 Å². The van der Waals surface area contributed by atoms with Crippen LogP contribution in [0.4, 0.5) is 30.7 Å². The van der Waals surface area contributed by atoms with Gasteiger partial charge < -0.3 is 0 Å². The number of alkyl halides is 3. The normalized spacial score (nSPS) is 19.4. The molecule has 1 fully saturated rings. The Bertz CT molecular complexity index is 1000. The highest BCUT2D eigenvalue weighted by molar-refractivity contribution is 5.67. The molecule has 0 aliphatic heterocycles. The van der Waals surface area contributed by atoms with Gasteiger partial charge in [0.05, 0.1) is 11.1 Å². The average molecular weight is 440 g/mol. The van der Waals surface area contributed by atoms with E-state index in [9.17, 15) is 30.7 Å². The van der Waals surface area contributed by atoms with Crippen molar-refractivity contribution in [1.29, 1.82) is 0 Å². The largest absolute Gasteiger partial charge is 0.458 e. The van der Waals surface area contributed by atoms with E-state index < -0.39 is 46.1 Å². The van der Waals surface area contributed by atoms with Crippen molar-refractivity contribution in [3.05, 3.63) is 70.8 Å². The molecule has 164 valence electrons. The number of allylic oxidation sites excluding steroid dienone is 2. The summed E-state index contributed by atoms with van der Waals surface area (Å²) >= 11 is 0. The Hall–Kier alpha value is -2.75. The van der Waals surface area contributed by atoms with Crippen molar-refractivity contribution in [1.82, 2.24) is 0 Å². The lowest BCUT2D eigenvalue weighted by Crippen LogP contribution is -2.12. The quantitative estimate of drug-likeness (QED) is 0.261. The molecule has 0 nitrogen and oxygen atoms in total. The van der Waals surface area contributed by atoms with Crippen LogP contribution in [0.3, 0.4) is 0 Å². The van der Waals surface area contributed by atoms with E-state index in [2.05, 4.69) is 6.08 Å². The Morgan fingerprint density at radius 2 is 1.39 bits per heavy atom. The molecule has 0 saturated heterocycles. The van der Waals surface area contributed by atoms with Crippen LogP contribution in [-0.4, -0.2) is 6.18 Å². The predicted octanol–water partition coefficient (Wildman–Crippen LogP) is 7.67. The minimum atomic E-state index is -4.93. The van der Waals surface area contributed by atoms with Gasteiger partial charge in [-0.05, 0) is 79.8 Å². The van der Waals surface area contributed by atoms with Crippen LogP contribution in [0.2, 0.25) is 0 Å². The lowest BCUT2D eigenvalue weighted by molar-refractivity contribution is -0.0696. The molecular formula is C24H19F7. The van der Waals surface area contributed by atoms with Crippen LogP contribution in [-0.2, 0) is 0 Å². The topological polar surface area (TPSA) is 0 Å². The molecule has 2 aromatic carbocycles. The van der Waals surface area contributed by atoms with Gasteiger partial charge in [0.1, 0.15) is 23.3 Å². The smallest absolute Gasteiger partial charge is 0.206 e. The number of halogens is 7. The number of hydrogen-bond donors (Lipinski definition) is 0. The molecule has 0 spiro atoms. The van der Waals surface area contributed by atoms with Crippen LogP contribution in [0.15, 0.2) is 36.4 Å². The second-order valence-electron chi connectivity index (χ2n) is 7.56. The van der Waals surface area contributed by atoms with E-state index in [1.165, 1.54) is 5.92 Å². The summed E-state index contributed by atoms with van der Waals surface area (Å²) in [6.45, 7) is 1.94. The SMILES string of the molecule is CC=CC1CCC(c2cc(F)c(-c3cc(F)c(C#CC(F)(F)F)c(F)c3)c(F)c2)CC1. The van der Waals surface area contributed by atoms with E-state index in [4.69, 9.17) is 0 Å². The summed E-state index contributed by atoms with van der Waals surface area (Å²) in [5, 5.41) is 0. The number of rotatable bonds is 3. The van der Waals surface area contributed by atoms with Crippen LogP contribution in [0.25, 0.3) is 11.1 Å². The van der Waals surface area contributed by atoms with E-state index in [0.29, 0.717) is 23.6 Å². The Kier molecular flexibility index (Phi) is 6.78. The molecule has 0 atom stereocenters. The molecule has 0 amide bonds. The van der Waals surface area contributed by atoms with Gasteiger partial charge in [0, 0.05) is 5.92 Å². The first-order chi connectivity index (χ1) is 14.6. The third-order valence-electron chi connectivity index (χ3n) is 5.43. The summed E-state index contributed by atoms with van der Waals surface area (Å²) in [6.07, 6.45) is 2.50. The molecule has 0 aromatic heterocycles. The molecule has 0 bridgehead atoms. The number of hydrogen-bond acceptors (Lipinski definition) is 0. The first-order valence-corrected chi connectivity index (χ1v) is 9.80. The lowest BCUT2D eigenvalue weighted by atomic mass is 9.78. The van der Waals surface area contributed by atoms with Crippen molar-refractivity contribution < 1.29 is 30.7 Å². The lowest BCUT2D eigenvalue weighted by Gasteiger charge is -2.27. The molecule has 0 N–H and O–H groups in total. The second-order valence-corrected chi connectivity index (χ2v) is 7.56. The third-order valence-corrected chi connectivity index (χ3v) is 5.43. The zero-order chi connectivity index (χ0) is 22.8. The Balaban J connectivity index is 1.91. The monoisotopic (exact) mass is 440 g/mol. The summed E-state index contributed by atoms with van der Waals surface area (Å²) in [5.74, 6) is -2.27. The molecule has 1 aliphatic rings. The van der Waals surface area contributed by atoms with E-state index >= 15 is 0 Å². The van der Waals surface area contributed by atoms with Gasteiger partial charge in [-0.1, -0.05) is 18.1 Å². The first-order valence-electron chi connectivity index (χ1n) is 9.80. The Morgan fingerprint density at radius 3 is 1.87 bits per heavy atom. The van der Waals surface area contributed by atoms with Gasteiger partial charge in [0.2, 0.25) is 0 Å². The van der Waals surface area contributed by atoms with E-state index in [0.717, 1.165) is 43.7 Å². The minimum Gasteiger partial charge on any atom is -0.206 e. The molecule has 1 saturated carbocycles. The Morgan fingerprint density at radius 1 is 0.839 bits per heavy atom. The van der Waals surface area contributed by atoms with Crippen LogP contribution in [0.5, 0.6) is 0 Å². The minimum absolute atomic E-state index is 0.0203. The van der Waals surface area contributed by atoms with Crippen molar-refractivity contribution in [2.24, 2.45) is 5.92 Å². The van der Waals surface area contributed by atoms with Gasteiger partial charge >= 0.3 is 6.18 Å². The van der Waals surface area contributed by atoms with Gasteiger partial charge in [-0.3, -0.25) is 0 Å². The van der Waals surface area contributed by atoms with Crippen molar-refractivity contribution >= 4 is 0 Å². The maximum atomic E-state index is 14.7. The molecule has 31 heavy (non-hydrogen) atoms. The van der Waals surface area contributed by atoms with Gasteiger partial charge in [0.15, 0.2) is 0 Å². The highest BCUT2D eigenvalue weighted by Crippen LogP contribution is 2.39. The van der Waals surface area contributed by atoms with E-state index in [1.54, 1.807) is 0 Å². The van der Waals surface area contributed by atoms with Crippen LogP contribution >= 0.6 is 0 Å². The summed E-state index contributed by atoms with van der Waals surface area (Å²) in [4.78, 5) is 0. The maximum absolute atomic E-state index is 14.7. The highest BCUT2D eigenvalue weighted by Gasteiger charge is 2.25. The van der Waals surface area contributed by atoms with Crippen LogP contribution in [0.1, 0.15) is 49.7 Å². The maximum Gasteiger partial charge on any atom is 0.458 e.